The molecule has 4 atom stereocenters. The number of nitrogens with one attached hydrogen (secondary N) is 1. The summed E-state index contributed by atoms with van der Waals surface area (Å²) in [5.74, 6) is -1.80. The standard InChI is InChI=1S/C30H38F4N4O2.ClH/c1-19(2)14-26(28(39)36-17-21-9-11-24(25(31)15-21)30(32,33)34)37-13-12-23(10-8-20-6-4-3-5-7-20)38-18-22(35)16-27(38)29(37)40;/h3-7,9,11,15,19,22-23,26-27H,8,10,12-14,16-18,35H2,1-2H3,(H,36,39);1H/t22-,23?,26-,27+;/m1./s1. The van der Waals surface area contributed by atoms with Gasteiger partial charge in [-0.05, 0) is 61.3 Å². The Morgan fingerprint density at radius 1 is 1.12 bits per heavy atom. The Kier molecular flexibility index (Phi) is 11.2. The van der Waals surface area contributed by atoms with E-state index in [0.717, 1.165) is 25.0 Å². The third-order valence-electron chi connectivity index (χ3n) is 7.90. The molecule has 3 N–H and O–H groups in total. The molecule has 0 saturated carbocycles. The number of nitrogens with two attached hydrogens (primary N) is 1. The average Bonchev–Trinajstić information content (AvgIpc) is 3.23. The molecular weight excluding hydrogens is 560 g/mol. The van der Waals surface area contributed by atoms with Crippen LogP contribution in [0.25, 0.3) is 0 Å². The summed E-state index contributed by atoms with van der Waals surface area (Å²) < 4.78 is 52.8. The lowest BCUT2D eigenvalue weighted by atomic mass is 9.99. The summed E-state index contributed by atoms with van der Waals surface area (Å²) in [4.78, 5) is 31.2. The quantitative estimate of drug-likeness (QED) is 0.401. The zero-order valence-corrected chi connectivity index (χ0v) is 24.2. The zero-order chi connectivity index (χ0) is 29.0. The number of benzene rings is 2. The van der Waals surface area contributed by atoms with Gasteiger partial charge < -0.3 is 16.0 Å². The fourth-order valence-corrected chi connectivity index (χ4v) is 5.92. The maximum absolute atomic E-state index is 14.1. The van der Waals surface area contributed by atoms with Crippen LogP contribution < -0.4 is 11.1 Å². The SMILES string of the molecule is CC(C)C[C@H](C(=O)NCc1ccc(C(F)(F)F)c(F)c1)N1CCC(CCc2ccccc2)N2C[C@H](N)C[C@H]2C1=O.Cl. The van der Waals surface area contributed by atoms with Gasteiger partial charge in [0.1, 0.15) is 11.9 Å². The Hall–Kier alpha value is -2.69. The first-order valence-electron chi connectivity index (χ1n) is 13.9. The van der Waals surface area contributed by atoms with Gasteiger partial charge in [-0.1, -0.05) is 50.2 Å². The van der Waals surface area contributed by atoms with Crippen LogP contribution in [-0.2, 0) is 28.7 Å². The maximum atomic E-state index is 14.1. The number of hydrogen-bond donors (Lipinski definition) is 2. The van der Waals surface area contributed by atoms with Gasteiger partial charge in [-0.3, -0.25) is 14.5 Å². The van der Waals surface area contributed by atoms with Crippen molar-refractivity contribution in [3.63, 3.8) is 0 Å². The van der Waals surface area contributed by atoms with Crippen molar-refractivity contribution in [2.24, 2.45) is 11.7 Å². The van der Waals surface area contributed by atoms with Gasteiger partial charge in [-0.25, -0.2) is 4.39 Å². The number of amides is 2. The summed E-state index contributed by atoms with van der Waals surface area (Å²) in [6, 6.07) is 11.7. The van der Waals surface area contributed by atoms with E-state index < -0.39 is 35.5 Å². The third-order valence-corrected chi connectivity index (χ3v) is 7.90. The molecule has 0 radical (unpaired) electrons. The molecule has 2 aliphatic rings. The predicted molar refractivity (Wildman–Crippen MR) is 152 cm³/mol. The predicted octanol–water partition coefficient (Wildman–Crippen LogP) is 4.93. The lowest BCUT2D eigenvalue weighted by molar-refractivity contribution is -0.143. The third kappa shape index (κ3) is 8.20. The topological polar surface area (TPSA) is 78.7 Å². The molecule has 2 fully saturated rings. The lowest BCUT2D eigenvalue weighted by Gasteiger charge is -2.33. The summed E-state index contributed by atoms with van der Waals surface area (Å²) >= 11 is 0. The Balaban J connectivity index is 0.00000462. The zero-order valence-electron chi connectivity index (χ0n) is 23.4. The largest absolute Gasteiger partial charge is 0.419 e. The van der Waals surface area contributed by atoms with E-state index in [1.807, 2.05) is 32.0 Å². The van der Waals surface area contributed by atoms with E-state index in [1.54, 1.807) is 4.90 Å². The van der Waals surface area contributed by atoms with Gasteiger partial charge in [0.05, 0.1) is 11.6 Å². The maximum Gasteiger partial charge on any atom is 0.419 e. The number of nitrogens with zero attached hydrogens (tertiary/aromatic N) is 2. The smallest absolute Gasteiger partial charge is 0.350 e. The van der Waals surface area contributed by atoms with Crippen LogP contribution in [0.5, 0.6) is 0 Å². The Morgan fingerprint density at radius 3 is 2.46 bits per heavy atom. The van der Waals surface area contributed by atoms with Gasteiger partial charge in [0.15, 0.2) is 0 Å². The molecule has 2 saturated heterocycles. The van der Waals surface area contributed by atoms with Crippen LogP contribution in [-0.4, -0.2) is 58.9 Å². The molecule has 0 aromatic heterocycles. The molecule has 2 aromatic rings. The molecule has 226 valence electrons. The Morgan fingerprint density at radius 2 is 1.83 bits per heavy atom. The van der Waals surface area contributed by atoms with Gasteiger partial charge >= 0.3 is 6.18 Å². The summed E-state index contributed by atoms with van der Waals surface area (Å²) in [5.41, 5.74) is 6.39. The molecular formula is C30H39ClF4N4O2. The minimum Gasteiger partial charge on any atom is -0.350 e. The summed E-state index contributed by atoms with van der Waals surface area (Å²) in [7, 11) is 0. The number of hydrogen-bond acceptors (Lipinski definition) is 4. The van der Waals surface area contributed by atoms with E-state index in [9.17, 15) is 27.2 Å². The number of rotatable bonds is 9. The number of aryl methyl sites for hydroxylation is 1. The van der Waals surface area contributed by atoms with Crippen LogP contribution in [0, 0.1) is 11.7 Å². The van der Waals surface area contributed by atoms with Crippen LogP contribution in [0.4, 0.5) is 17.6 Å². The molecule has 2 heterocycles. The van der Waals surface area contributed by atoms with Gasteiger partial charge in [-0.15, -0.1) is 12.4 Å². The molecule has 2 amide bonds. The van der Waals surface area contributed by atoms with Gasteiger partial charge in [0.2, 0.25) is 11.8 Å². The fourth-order valence-electron chi connectivity index (χ4n) is 5.92. The first-order chi connectivity index (χ1) is 18.9. The Bertz CT molecular complexity index is 1180. The molecule has 6 nitrogen and oxygen atoms in total. The summed E-state index contributed by atoms with van der Waals surface area (Å²) in [6.07, 6.45) is -1.40. The van der Waals surface area contributed by atoms with Crippen LogP contribution >= 0.6 is 12.4 Å². The molecule has 0 bridgehead atoms. The monoisotopic (exact) mass is 598 g/mol. The molecule has 2 aliphatic heterocycles. The molecule has 4 rings (SSSR count). The molecule has 41 heavy (non-hydrogen) atoms. The molecule has 11 heteroatoms. The fraction of sp³-hybridized carbons (Fsp3) is 0.533. The van der Waals surface area contributed by atoms with Crippen molar-refractivity contribution >= 4 is 24.2 Å². The van der Waals surface area contributed by atoms with Crippen LogP contribution in [0.3, 0.4) is 0 Å². The first kappa shape index (κ1) is 32.8. The van der Waals surface area contributed by atoms with Crippen molar-refractivity contribution in [1.29, 1.82) is 0 Å². The Labute approximate surface area is 245 Å². The number of carbonyl (C=O) groups excluding carboxylic acids is 2. The van der Waals surface area contributed by atoms with Crippen molar-refractivity contribution in [2.75, 3.05) is 13.1 Å². The van der Waals surface area contributed by atoms with Crippen LogP contribution in [0.15, 0.2) is 48.5 Å². The van der Waals surface area contributed by atoms with E-state index in [1.165, 1.54) is 5.56 Å². The second-order valence-electron chi connectivity index (χ2n) is 11.4. The summed E-state index contributed by atoms with van der Waals surface area (Å²) in [5, 5.41) is 2.74. The molecule has 0 spiro atoms. The highest BCUT2D eigenvalue weighted by Crippen LogP contribution is 2.32. The van der Waals surface area contributed by atoms with Crippen molar-refractivity contribution in [3.8, 4) is 0 Å². The highest BCUT2D eigenvalue weighted by molar-refractivity contribution is 5.90. The highest BCUT2D eigenvalue weighted by Gasteiger charge is 2.45. The number of alkyl halides is 3. The second kappa shape index (κ2) is 14.0. The minimum atomic E-state index is -4.79. The van der Waals surface area contributed by atoms with E-state index >= 15 is 0 Å². The van der Waals surface area contributed by atoms with E-state index in [0.29, 0.717) is 38.4 Å². The highest BCUT2D eigenvalue weighted by atomic mass is 35.5. The second-order valence-corrected chi connectivity index (χ2v) is 11.4. The van der Waals surface area contributed by atoms with Gasteiger partial charge in [0, 0.05) is 31.7 Å². The normalized spacial score (nSPS) is 22.2. The molecule has 0 aliphatic carbocycles. The number of fused-ring (bicyclic) bond motifs is 1. The molecule has 2 aromatic carbocycles. The van der Waals surface area contributed by atoms with E-state index in [-0.39, 0.29) is 48.4 Å². The number of carbonyl (C=O) groups is 2. The number of halogens is 5. The van der Waals surface area contributed by atoms with Crippen molar-refractivity contribution in [2.45, 2.75) is 82.8 Å². The average molecular weight is 599 g/mol. The van der Waals surface area contributed by atoms with E-state index in [4.69, 9.17) is 5.73 Å². The van der Waals surface area contributed by atoms with Crippen molar-refractivity contribution < 1.29 is 27.2 Å². The lowest BCUT2D eigenvalue weighted by Crippen LogP contribution is -2.53. The van der Waals surface area contributed by atoms with E-state index in [2.05, 4.69) is 22.3 Å². The van der Waals surface area contributed by atoms with Crippen molar-refractivity contribution in [1.82, 2.24) is 15.1 Å². The van der Waals surface area contributed by atoms with Crippen LogP contribution in [0.2, 0.25) is 0 Å². The van der Waals surface area contributed by atoms with Gasteiger partial charge in [0.25, 0.3) is 0 Å². The minimum absolute atomic E-state index is 0. The van der Waals surface area contributed by atoms with Crippen LogP contribution in [0.1, 0.15) is 56.2 Å². The summed E-state index contributed by atoms with van der Waals surface area (Å²) in [6.45, 7) is 4.83. The first-order valence-corrected chi connectivity index (χ1v) is 13.9. The van der Waals surface area contributed by atoms with Gasteiger partial charge in [-0.2, -0.15) is 13.2 Å². The van der Waals surface area contributed by atoms with Crippen molar-refractivity contribution in [3.05, 3.63) is 71.0 Å². The molecule has 1 unspecified atom stereocenters.